The molecule has 0 radical (unpaired) electrons. The molecular weight excluding hydrogens is 320 g/mol. The van der Waals surface area contributed by atoms with Gasteiger partial charge in [-0.3, -0.25) is 4.79 Å². The highest BCUT2D eigenvalue weighted by Crippen LogP contribution is 2.20. The van der Waals surface area contributed by atoms with Gasteiger partial charge < -0.3 is 10.4 Å². The molecule has 0 aliphatic rings. The Kier molecular flexibility index (Phi) is 5.55. The van der Waals surface area contributed by atoms with E-state index in [9.17, 15) is 23.1 Å². The number of aliphatic carboxylic acids is 1. The second-order valence-corrected chi connectivity index (χ2v) is 8.57. The van der Waals surface area contributed by atoms with Crippen molar-refractivity contribution in [3.63, 3.8) is 0 Å². The Labute approximate surface area is 136 Å². The number of sulfonamides is 1. The normalized spacial score (nSPS) is 13.7. The van der Waals surface area contributed by atoms with E-state index in [1.807, 2.05) is 0 Å². The molecule has 1 aromatic carbocycles. The lowest BCUT2D eigenvalue weighted by molar-refractivity contribution is -0.142. The summed E-state index contributed by atoms with van der Waals surface area (Å²) in [6.45, 7) is 5.12. The predicted molar refractivity (Wildman–Crippen MR) is 85.7 cm³/mol. The molecule has 1 atom stereocenters. The van der Waals surface area contributed by atoms with Crippen molar-refractivity contribution in [2.75, 3.05) is 14.1 Å². The maximum absolute atomic E-state index is 12.2. The van der Waals surface area contributed by atoms with Gasteiger partial charge in [0.25, 0.3) is 5.91 Å². The number of nitrogens with zero attached hydrogens (tertiary/aromatic N) is 1. The molecule has 0 spiro atoms. The number of carboxylic acids is 1. The van der Waals surface area contributed by atoms with Crippen LogP contribution in [0.15, 0.2) is 29.2 Å². The summed E-state index contributed by atoms with van der Waals surface area (Å²) in [5, 5.41) is 11.7. The quantitative estimate of drug-likeness (QED) is 0.836. The fraction of sp³-hybridized carbons (Fsp3) is 0.467. The van der Waals surface area contributed by atoms with Crippen LogP contribution in [-0.2, 0) is 14.8 Å². The number of benzene rings is 1. The van der Waals surface area contributed by atoms with Crippen molar-refractivity contribution < 1.29 is 23.1 Å². The summed E-state index contributed by atoms with van der Waals surface area (Å²) >= 11 is 0. The van der Waals surface area contributed by atoms with E-state index in [4.69, 9.17) is 0 Å². The lowest BCUT2D eigenvalue weighted by Crippen LogP contribution is -2.49. The Hall–Kier alpha value is -1.93. The van der Waals surface area contributed by atoms with Gasteiger partial charge in [-0.2, -0.15) is 0 Å². The molecule has 0 aromatic heterocycles. The van der Waals surface area contributed by atoms with Crippen molar-refractivity contribution in [1.82, 2.24) is 9.62 Å². The van der Waals surface area contributed by atoms with Crippen LogP contribution >= 0.6 is 0 Å². The maximum atomic E-state index is 12.2. The Morgan fingerprint density at radius 1 is 1.13 bits per heavy atom. The first kappa shape index (κ1) is 19.1. The predicted octanol–water partition coefficient (Wildman–Crippen LogP) is 1.17. The monoisotopic (exact) mass is 342 g/mol. The van der Waals surface area contributed by atoms with E-state index in [1.165, 1.54) is 38.4 Å². The third-order valence-corrected chi connectivity index (χ3v) is 5.11. The number of hydrogen-bond acceptors (Lipinski definition) is 4. The third kappa shape index (κ3) is 4.52. The lowest BCUT2D eigenvalue weighted by Gasteiger charge is -2.27. The lowest BCUT2D eigenvalue weighted by atomic mass is 9.86. The molecule has 7 nitrogen and oxygen atoms in total. The zero-order valence-corrected chi connectivity index (χ0v) is 14.6. The SMILES string of the molecule is CN(C)S(=O)(=O)c1ccc(C(=O)N[C@H](C(=O)O)C(C)(C)C)cc1. The van der Waals surface area contributed by atoms with E-state index in [2.05, 4.69) is 5.32 Å². The standard InChI is InChI=1S/C15H22N2O5S/c1-15(2,3)12(14(19)20)16-13(18)10-6-8-11(9-7-10)23(21,22)17(4)5/h6-9,12H,1-5H3,(H,16,18)(H,19,20)/t12-/m1/s1. The van der Waals surface area contributed by atoms with Crippen molar-refractivity contribution in [2.24, 2.45) is 5.41 Å². The first-order valence-corrected chi connectivity index (χ1v) is 8.37. The molecule has 0 unspecified atom stereocenters. The Morgan fingerprint density at radius 3 is 1.96 bits per heavy atom. The van der Waals surface area contributed by atoms with Gasteiger partial charge in [0.1, 0.15) is 6.04 Å². The summed E-state index contributed by atoms with van der Waals surface area (Å²) in [6.07, 6.45) is 0. The van der Waals surface area contributed by atoms with Gasteiger partial charge in [0.05, 0.1) is 4.90 Å². The van der Waals surface area contributed by atoms with Crippen LogP contribution in [0.1, 0.15) is 31.1 Å². The van der Waals surface area contributed by atoms with Gasteiger partial charge >= 0.3 is 5.97 Å². The van der Waals surface area contributed by atoms with E-state index >= 15 is 0 Å². The smallest absolute Gasteiger partial charge is 0.326 e. The molecule has 2 N–H and O–H groups in total. The molecule has 1 rings (SSSR count). The molecule has 0 saturated heterocycles. The van der Waals surface area contributed by atoms with Crippen LogP contribution in [0.2, 0.25) is 0 Å². The van der Waals surface area contributed by atoms with Crippen LogP contribution < -0.4 is 5.32 Å². The second kappa shape index (κ2) is 6.67. The Morgan fingerprint density at radius 2 is 1.61 bits per heavy atom. The summed E-state index contributed by atoms with van der Waals surface area (Å²) in [5.74, 6) is -1.70. The van der Waals surface area contributed by atoms with Crippen molar-refractivity contribution in [2.45, 2.75) is 31.7 Å². The number of rotatable bonds is 5. The van der Waals surface area contributed by atoms with E-state index in [1.54, 1.807) is 20.8 Å². The highest BCUT2D eigenvalue weighted by Gasteiger charge is 2.32. The molecule has 0 bridgehead atoms. The maximum Gasteiger partial charge on any atom is 0.326 e. The Bertz CT molecular complexity index is 688. The number of nitrogens with one attached hydrogen (secondary N) is 1. The van der Waals surface area contributed by atoms with Gasteiger partial charge in [-0.25, -0.2) is 17.5 Å². The zero-order chi connectivity index (χ0) is 18.0. The molecule has 0 aliphatic carbocycles. The molecule has 0 heterocycles. The fourth-order valence-electron chi connectivity index (χ4n) is 1.85. The molecule has 0 fully saturated rings. The van der Waals surface area contributed by atoms with E-state index < -0.39 is 33.4 Å². The first-order chi connectivity index (χ1) is 10.4. The minimum Gasteiger partial charge on any atom is -0.480 e. The van der Waals surface area contributed by atoms with Crippen LogP contribution in [-0.4, -0.2) is 49.8 Å². The fourth-order valence-corrected chi connectivity index (χ4v) is 2.75. The van der Waals surface area contributed by atoms with Crippen LogP contribution in [0, 0.1) is 5.41 Å². The van der Waals surface area contributed by atoms with Gasteiger partial charge in [-0.05, 0) is 29.7 Å². The first-order valence-electron chi connectivity index (χ1n) is 6.93. The minimum atomic E-state index is -3.57. The highest BCUT2D eigenvalue weighted by atomic mass is 32.2. The zero-order valence-electron chi connectivity index (χ0n) is 13.8. The van der Waals surface area contributed by atoms with Crippen LogP contribution in [0.25, 0.3) is 0 Å². The van der Waals surface area contributed by atoms with Crippen molar-refractivity contribution in [3.8, 4) is 0 Å². The number of amides is 1. The van der Waals surface area contributed by atoms with Gasteiger partial charge in [0.15, 0.2) is 0 Å². The summed E-state index contributed by atoms with van der Waals surface area (Å²) in [6, 6.07) is 4.29. The van der Waals surface area contributed by atoms with Crippen molar-refractivity contribution in [1.29, 1.82) is 0 Å². The van der Waals surface area contributed by atoms with Crippen LogP contribution in [0.4, 0.5) is 0 Å². The van der Waals surface area contributed by atoms with Crippen molar-refractivity contribution in [3.05, 3.63) is 29.8 Å². The molecule has 1 amide bonds. The average Bonchev–Trinajstić information content (AvgIpc) is 2.42. The molecular formula is C15H22N2O5S. The number of carbonyl (C=O) groups is 2. The van der Waals surface area contributed by atoms with Crippen LogP contribution in [0.5, 0.6) is 0 Å². The molecule has 0 aliphatic heterocycles. The average molecular weight is 342 g/mol. The molecule has 128 valence electrons. The van der Waals surface area contributed by atoms with E-state index in [0.717, 1.165) is 4.31 Å². The molecule has 23 heavy (non-hydrogen) atoms. The summed E-state index contributed by atoms with van der Waals surface area (Å²) < 4.78 is 25.0. The number of carboxylic acid groups (broad SMARTS) is 1. The summed E-state index contributed by atoms with van der Waals surface area (Å²) in [4.78, 5) is 23.5. The molecule has 1 aromatic rings. The van der Waals surface area contributed by atoms with Gasteiger partial charge in [0.2, 0.25) is 10.0 Å². The van der Waals surface area contributed by atoms with E-state index in [0.29, 0.717) is 0 Å². The second-order valence-electron chi connectivity index (χ2n) is 6.42. The van der Waals surface area contributed by atoms with Crippen molar-refractivity contribution >= 4 is 21.9 Å². The van der Waals surface area contributed by atoms with Gasteiger partial charge in [0, 0.05) is 19.7 Å². The largest absolute Gasteiger partial charge is 0.480 e. The van der Waals surface area contributed by atoms with E-state index in [-0.39, 0.29) is 10.5 Å². The summed E-state index contributed by atoms with van der Waals surface area (Å²) in [5.41, 5.74) is -0.464. The topological polar surface area (TPSA) is 104 Å². The van der Waals surface area contributed by atoms with Crippen LogP contribution in [0.3, 0.4) is 0 Å². The highest BCUT2D eigenvalue weighted by molar-refractivity contribution is 7.89. The van der Waals surface area contributed by atoms with Gasteiger partial charge in [-0.1, -0.05) is 20.8 Å². The number of carbonyl (C=O) groups excluding carboxylic acids is 1. The third-order valence-electron chi connectivity index (χ3n) is 3.28. The molecule has 8 heteroatoms. The number of hydrogen-bond donors (Lipinski definition) is 2. The Balaban J connectivity index is 3.01. The minimum absolute atomic E-state index is 0.0599. The molecule has 0 saturated carbocycles. The summed E-state index contributed by atoms with van der Waals surface area (Å²) in [7, 11) is -0.745. The van der Waals surface area contributed by atoms with Gasteiger partial charge in [-0.15, -0.1) is 0 Å².